The van der Waals surface area contributed by atoms with Crippen LogP contribution in [-0.4, -0.2) is 30.8 Å². The average Bonchev–Trinajstić information content (AvgIpc) is 3.06. The van der Waals surface area contributed by atoms with E-state index in [0.717, 1.165) is 46.8 Å². The van der Waals surface area contributed by atoms with Gasteiger partial charge in [0, 0.05) is 9.77 Å². The summed E-state index contributed by atoms with van der Waals surface area (Å²) < 4.78 is 4.54. The van der Waals surface area contributed by atoms with E-state index < -0.39 is 12.0 Å². The molecule has 0 atom stereocenters. The quantitative estimate of drug-likeness (QED) is 0.699. The number of anilines is 1. The minimum Gasteiger partial charge on any atom is -0.453 e. The number of carbonyl (C=O) groups is 3. The molecule has 0 aliphatic heterocycles. The summed E-state index contributed by atoms with van der Waals surface area (Å²) in [5.41, 5.74) is 1.86. The number of fused-ring (bicyclic) bond motifs is 1. The number of hydrogen-bond donors (Lipinski definition) is 2. The molecule has 0 bridgehead atoms. The monoisotopic (exact) mass is 418 g/mol. The molecule has 0 spiro atoms. The van der Waals surface area contributed by atoms with Crippen molar-refractivity contribution in [2.45, 2.75) is 37.5 Å². The first kappa shape index (κ1) is 20.4. The van der Waals surface area contributed by atoms with Crippen LogP contribution in [0.4, 0.5) is 9.80 Å². The smallest absolute Gasteiger partial charge is 0.413 e. The van der Waals surface area contributed by atoms with E-state index >= 15 is 0 Å². The van der Waals surface area contributed by atoms with Gasteiger partial charge in [0.05, 0.1) is 18.2 Å². The molecule has 2 aromatic rings. The Morgan fingerprint density at radius 2 is 1.89 bits per heavy atom. The van der Waals surface area contributed by atoms with Crippen LogP contribution in [0.3, 0.4) is 0 Å². The van der Waals surface area contributed by atoms with Crippen molar-refractivity contribution in [2.75, 3.05) is 18.2 Å². The van der Waals surface area contributed by atoms with Crippen molar-refractivity contribution in [1.82, 2.24) is 5.32 Å². The second kappa shape index (κ2) is 9.25. The molecule has 0 saturated heterocycles. The Labute approximate surface area is 172 Å². The zero-order valence-electron chi connectivity index (χ0n) is 15.8. The maximum atomic E-state index is 12.9. The number of methoxy groups -OCH3 is 1. The number of amides is 3. The average molecular weight is 419 g/mol. The second-order valence-electron chi connectivity index (χ2n) is 6.24. The topological polar surface area (TPSA) is 84.5 Å². The minimum absolute atomic E-state index is 0.262. The lowest BCUT2D eigenvalue weighted by Gasteiger charge is -2.13. The lowest BCUT2D eigenvalue weighted by atomic mass is 9.95. The van der Waals surface area contributed by atoms with Gasteiger partial charge < -0.3 is 10.1 Å². The van der Waals surface area contributed by atoms with Gasteiger partial charge in [0.2, 0.25) is 0 Å². The van der Waals surface area contributed by atoms with Crippen LogP contribution in [0, 0.1) is 0 Å². The van der Waals surface area contributed by atoms with Crippen molar-refractivity contribution < 1.29 is 19.1 Å². The molecule has 1 aromatic carbocycles. The van der Waals surface area contributed by atoms with Gasteiger partial charge in [-0.25, -0.2) is 4.79 Å². The molecule has 0 fully saturated rings. The number of hydrogen-bond acceptors (Lipinski definition) is 6. The van der Waals surface area contributed by atoms with Crippen molar-refractivity contribution in [3.8, 4) is 0 Å². The lowest BCUT2D eigenvalue weighted by Crippen LogP contribution is -2.31. The highest BCUT2D eigenvalue weighted by atomic mass is 32.2. The number of carbonyl (C=O) groups excluding carboxylic acids is 3. The first-order chi connectivity index (χ1) is 13.5. The Bertz CT molecular complexity index is 908. The number of thioether (sulfide) groups is 1. The van der Waals surface area contributed by atoms with Gasteiger partial charge in [0.1, 0.15) is 5.00 Å². The van der Waals surface area contributed by atoms with Crippen LogP contribution >= 0.6 is 23.1 Å². The van der Waals surface area contributed by atoms with Gasteiger partial charge >= 0.3 is 6.09 Å². The fraction of sp³-hybridized carbons (Fsp3) is 0.350. The van der Waals surface area contributed by atoms with Crippen LogP contribution in [-0.2, 0) is 17.6 Å². The van der Waals surface area contributed by atoms with Gasteiger partial charge in [-0.3, -0.25) is 14.9 Å². The summed E-state index contributed by atoms with van der Waals surface area (Å²) in [6.45, 7) is 2.03. The van der Waals surface area contributed by atoms with Crippen molar-refractivity contribution in [1.29, 1.82) is 0 Å². The van der Waals surface area contributed by atoms with E-state index in [-0.39, 0.29) is 5.91 Å². The van der Waals surface area contributed by atoms with Crippen molar-refractivity contribution in [2.24, 2.45) is 0 Å². The number of aryl methyl sites for hydroxylation is 1. The number of nitrogens with one attached hydrogen (secondary N) is 2. The predicted molar refractivity (Wildman–Crippen MR) is 112 cm³/mol. The zero-order chi connectivity index (χ0) is 20.1. The Balaban J connectivity index is 1.93. The van der Waals surface area contributed by atoms with Crippen LogP contribution < -0.4 is 10.6 Å². The third-order valence-electron chi connectivity index (χ3n) is 4.46. The molecule has 0 radical (unpaired) electrons. The molecule has 3 amide bonds. The molecular weight excluding hydrogens is 396 g/mol. The molecular formula is C20H22N2O4S2. The van der Waals surface area contributed by atoms with E-state index in [9.17, 15) is 14.4 Å². The normalized spacial score (nSPS) is 12.8. The Morgan fingerprint density at radius 3 is 2.64 bits per heavy atom. The summed E-state index contributed by atoms with van der Waals surface area (Å²) in [4.78, 5) is 39.1. The van der Waals surface area contributed by atoms with E-state index in [1.54, 1.807) is 17.8 Å². The summed E-state index contributed by atoms with van der Waals surface area (Å²) in [6, 6.07) is 7.40. The molecule has 2 N–H and O–H groups in total. The van der Waals surface area contributed by atoms with Crippen LogP contribution in [0.25, 0.3) is 0 Å². The van der Waals surface area contributed by atoms with Gasteiger partial charge in [-0.05, 0) is 49.1 Å². The number of rotatable bonds is 5. The van der Waals surface area contributed by atoms with Crippen LogP contribution in [0.15, 0.2) is 29.2 Å². The van der Waals surface area contributed by atoms with Crippen LogP contribution in [0.5, 0.6) is 0 Å². The molecule has 0 unspecified atom stereocenters. The number of imide groups is 1. The Kier molecular flexibility index (Phi) is 6.74. The molecule has 3 rings (SSSR count). The summed E-state index contributed by atoms with van der Waals surface area (Å²) in [5, 5.41) is 5.61. The molecule has 148 valence electrons. The van der Waals surface area contributed by atoms with Crippen molar-refractivity contribution in [3.05, 3.63) is 45.8 Å². The van der Waals surface area contributed by atoms with Crippen LogP contribution in [0.2, 0.25) is 0 Å². The highest BCUT2D eigenvalue weighted by Gasteiger charge is 2.28. The van der Waals surface area contributed by atoms with Crippen LogP contribution in [0.1, 0.15) is 50.9 Å². The number of benzene rings is 1. The predicted octanol–water partition coefficient (Wildman–Crippen LogP) is 4.49. The SMILES string of the molecule is CCSc1ccccc1C(=O)Nc1sc2c(c1C(=O)NC(=O)OC)CCCC2. The van der Waals surface area contributed by atoms with Gasteiger partial charge in [-0.15, -0.1) is 23.1 Å². The van der Waals surface area contributed by atoms with Crippen molar-refractivity contribution >= 4 is 46.0 Å². The minimum atomic E-state index is -0.817. The van der Waals surface area contributed by atoms with E-state index in [0.29, 0.717) is 16.1 Å². The fourth-order valence-corrected chi connectivity index (χ4v) is 5.29. The number of ether oxygens (including phenoxy) is 1. The molecule has 0 saturated carbocycles. The van der Waals surface area contributed by atoms with Crippen molar-refractivity contribution in [3.63, 3.8) is 0 Å². The first-order valence-corrected chi connectivity index (χ1v) is 10.9. The summed E-state index contributed by atoms with van der Waals surface area (Å²) in [5.74, 6) is 0.0460. The standard InChI is InChI=1S/C20H22N2O4S2/c1-3-27-14-10-6-5-9-13(14)17(23)21-19-16(18(24)22-20(25)26-2)12-8-4-7-11-15(12)28-19/h5-6,9-10H,3-4,7-8,11H2,1-2H3,(H,21,23)(H,22,24,25). The second-order valence-corrected chi connectivity index (χ2v) is 8.66. The Morgan fingerprint density at radius 1 is 1.14 bits per heavy atom. The highest BCUT2D eigenvalue weighted by molar-refractivity contribution is 7.99. The zero-order valence-corrected chi connectivity index (χ0v) is 17.4. The molecule has 28 heavy (non-hydrogen) atoms. The van der Waals surface area contributed by atoms with Gasteiger partial charge in [-0.1, -0.05) is 19.1 Å². The molecule has 1 aromatic heterocycles. The van der Waals surface area contributed by atoms with Gasteiger partial charge in [0.15, 0.2) is 0 Å². The summed E-state index contributed by atoms with van der Waals surface area (Å²) in [7, 11) is 1.21. The fourth-order valence-electron chi connectivity index (χ4n) is 3.21. The van der Waals surface area contributed by atoms with Gasteiger partial charge in [-0.2, -0.15) is 0 Å². The Hall–Kier alpha value is -2.32. The lowest BCUT2D eigenvalue weighted by molar-refractivity contribution is 0.0937. The molecule has 1 aliphatic carbocycles. The summed E-state index contributed by atoms with van der Waals surface area (Å²) >= 11 is 3.01. The first-order valence-electron chi connectivity index (χ1n) is 9.12. The molecule has 1 aliphatic rings. The molecule has 1 heterocycles. The third kappa shape index (κ3) is 4.39. The number of alkyl carbamates (subject to hydrolysis) is 1. The summed E-state index contributed by atoms with van der Waals surface area (Å²) in [6.07, 6.45) is 2.84. The van der Waals surface area contributed by atoms with Gasteiger partial charge in [0.25, 0.3) is 11.8 Å². The van der Waals surface area contributed by atoms with E-state index in [1.165, 1.54) is 18.4 Å². The van der Waals surface area contributed by atoms with E-state index in [2.05, 4.69) is 15.4 Å². The van der Waals surface area contributed by atoms with E-state index in [4.69, 9.17) is 0 Å². The number of thiophene rings is 1. The molecule has 6 nitrogen and oxygen atoms in total. The van der Waals surface area contributed by atoms with E-state index in [1.807, 2.05) is 25.1 Å². The largest absolute Gasteiger partial charge is 0.453 e. The molecule has 8 heteroatoms. The maximum absolute atomic E-state index is 12.9. The highest BCUT2D eigenvalue weighted by Crippen LogP contribution is 2.38. The third-order valence-corrected chi connectivity index (χ3v) is 6.62. The maximum Gasteiger partial charge on any atom is 0.413 e.